The smallest absolute Gasteiger partial charge is 0.0589 e. The van der Waals surface area contributed by atoms with Gasteiger partial charge >= 0.3 is 0 Å². The Morgan fingerprint density at radius 3 is 2.33 bits per heavy atom. The number of methoxy groups -OCH3 is 2. The Hall–Kier alpha value is -0.200. The van der Waals surface area contributed by atoms with Gasteiger partial charge in [0.05, 0.1) is 19.3 Å². The molecule has 0 radical (unpaired) electrons. The van der Waals surface area contributed by atoms with Gasteiger partial charge in [0.1, 0.15) is 0 Å². The second-order valence-electron chi connectivity index (χ2n) is 5.04. The van der Waals surface area contributed by atoms with E-state index in [4.69, 9.17) is 19.9 Å². The largest absolute Gasteiger partial charge is 0.383 e. The second-order valence-corrected chi connectivity index (χ2v) is 5.04. The molecule has 0 aromatic carbocycles. The summed E-state index contributed by atoms with van der Waals surface area (Å²) in [4.78, 5) is 2.42. The quantitative estimate of drug-likeness (QED) is 0.688. The summed E-state index contributed by atoms with van der Waals surface area (Å²) >= 11 is 0. The molecular formula is C13H28N2O3. The summed E-state index contributed by atoms with van der Waals surface area (Å²) in [5.41, 5.74) is 6.10. The molecule has 1 heterocycles. The third-order valence-corrected chi connectivity index (χ3v) is 3.82. The van der Waals surface area contributed by atoms with E-state index >= 15 is 0 Å². The first-order valence-electron chi connectivity index (χ1n) is 6.73. The van der Waals surface area contributed by atoms with Crippen LogP contribution in [0.15, 0.2) is 0 Å². The van der Waals surface area contributed by atoms with Crippen LogP contribution in [0.5, 0.6) is 0 Å². The van der Waals surface area contributed by atoms with Crippen molar-refractivity contribution >= 4 is 0 Å². The van der Waals surface area contributed by atoms with Crippen molar-refractivity contribution in [2.24, 2.45) is 5.73 Å². The van der Waals surface area contributed by atoms with Crippen LogP contribution in [-0.2, 0) is 14.2 Å². The Morgan fingerprint density at radius 2 is 1.89 bits per heavy atom. The lowest BCUT2D eigenvalue weighted by atomic mass is 9.85. The van der Waals surface area contributed by atoms with Gasteiger partial charge in [0, 0.05) is 46.0 Å². The Bertz CT molecular complexity index is 220. The van der Waals surface area contributed by atoms with Crippen molar-refractivity contribution in [1.82, 2.24) is 4.90 Å². The lowest BCUT2D eigenvalue weighted by Gasteiger charge is -2.47. The van der Waals surface area contributed by atoms with Crippen LogP contribution in [0.4, 0.5) is 0 Å². The molecule has 2 N–H and O–H groups in total. The molecule has 0 aromatic heterocycles. The number of nitrogens with two attached hydrogens (primary N) is 1. The zero-order valence-electron chi connectivity index (χ0n) is 12.0. The van der Waals surface area contributed by atoms with E-state index in [2.05, 4.69) is 11.8 Å². The summed E-state index contributed by atoms with van der Waals surface area (Å²) in [6.45, 7) is 6.80. The lowest BCUT2D eigenvalue weighted by molar-refractivity contribution is -0.0728. The van der Waals surface area contributed by atoms with Crippen molar-refractivity contribution in [1.29, 1.82) is 0 Å². The van der Waals surface area contributed by atoms with Crippen LogP contribution in [-0.4, -0.2) is 70.2 Å². The second kappa shape index (κ2) is 8.07. The molecule has 5 nitrogen and oxygen atoms in total. The maximum Gasteiger partial charge on any atom is 0.0589 e. The summed E-state index contributed by atoms with van der Waals surface area (Å²) < 4.78 is 16.1. The lowest BCUT2D eigenvalue weighted by Crippen LogP contribution is -2.59. The van der Waals surface area contributed by atoms with Gasteiger partial charge in [-0.15, -0.1) is 0 Å². The standard InChI is InChI=1S/C13H28N2O3/c1-12-10-13(11-14,4-7-18-12)15(5-8-16-2)6-9-17-3/h12H,4-11,14H2,1-3H3. The molecule has 0 amide bonds. The van der Waals surface area contributed by atoms with E-state index in [1.54, 1.807) is 14.2 Å². The first-order valence-corrected chi connectivity index (χ1v) is 6.73. The molecule has 1 rings (SSSR count). The van der Waals surface area contributed by atoms with Gasteiger partial charge in [-0.3, -0.25) is 4.90 Å². The third-order valence-electron chi connectivity index (χ3n) is 3.82. The van der Waals surface area contributed by atoms with Crippen LogP contribution < -0.4 is 5.73 Å². The van der Waals surface area contributed by atoms with Crippen LogP contribution in [0, 0.1) is 0 Å². The number of rotatable bonds is 8. The molecule has 2 unspecified atom stereocenters. The molecular weight excluding hydrogens is 232 g/mol. The van der Waals surface area contributed by atoms with Gasteiger partial charge in [0.25, 0.3) is 0 Å². The van der Waals surface area contributed by atoms with Crippen molar-refractivity contribution in [3.8, 4) is 0 Å². The maximum atomic E-state index is 6.07. The maximum absolute atomic E-state index is 6.07. The molecule has 0 saturated carbocycles. The first kappa shape index (κ1) is 15.9. The van der Waals surface area contributed by atoms with Crippen molar-refractivity contribution in [2.45, 2.75) is 31.4 Å². The van der Waals surface area contributed by atoms with Gasteiger partial charge in [0.15, 0.2) is 0 Å². The van der Waals surface area contributed by atoms with Crippen LogP contribution >= 0.6 is 0 Å². The van der Waals surface area contributed by atoms with Crippen molar-refractivity contribution < 1.29 is 14.2 Å². The highest BCUT2D eigenvalue weighted by molar-refractivity contribution is 4.95. The first-order chi connectivity index (χ1) is 8.68. The molecule has 1 aliphatic heterocycles. The Morgan fingerprint density at radius 1 is 1.28 bits per heavy atom. The van der Waals surface area contributed by atoms with E-state index in [0.29, 0.717) is 6.54 Å². The van der Waals surface area contributed by atoms with E-state index < -0.39 is 0 Å². The molecule has 1 saturated heterocycles. The SMILES string of the molecule is COCCN(CCOC)C1(CN)CCOC(C)C1. The minimum absolute atomic E-state index is 0.0364. The number of ether oxygens (including phenoxy) is 3. The zero-order valence-corrected chi connectivity index (χ0v) is 12.0. The molecule has 0 aromatic rings. The van der Waals surface area contributed by atoms with Gasteiger partial charge in [0.2, 0.25) is 0 Å². The van der Waals surface area contributed by atoms with Crippen LogP contribution in [0.2, 0.25) is 0 Å². The van der Waals surface area contributed by atoms with E-state index in [1.807, 2.05) is 0 Å². The highest BCUT2D eigenvalue weighted by Crippen LogP contribution is 2.30. The molecule has 5 heteroatoms. The molecule has 1 fully saturated rings. The van der Waals surface area contributed by atoms with E-state index in [-0.39, 0.29) is 11.6 Å². The van der Waals surface area contributed by atoms with Crippen LogP contribution in [0.25, 0.3) is 0 Å². The molecule has 1 aliphatic rings. The molecule has 2 atom stereocenters. The fourth-order valence-electron chi connectivity index (χ4n) is 2.74. The number of hydrogen-bond donors (Lipinski definition) is 1. The molecule has 108 valence electrons. The Balaban J connectivity index is 2.69. The third kappa shape index (κ3) is 4.17. The van der Waals surface area contributed by atoms with Crippen LogP contribution in [0.1, 0.15) is 19.8 Å². The summed E-state index contributed by atoms with van der Waals surface area (Å²) in [5, 5.41) is 0. The zero-order chi connectivity index (χ0) is 13.4. The average Bonchev–Trinajstić information content (AvgIpc) is 2.38. The summed E-state index contributed by atoms with van der Waals surface area (Å²) in [5.74, 6) is 0. The van der Waals surface area contributed by atoms with Gasteiger partial charge in [-0.2, -0.15) is 0 Å². The summed E-state index contributed by atoms with van der Waals surface area (Å²) in [6.07, 6.45) is 2.24. The molecule has 0 bridgehead atoms. The number of hydrogen-bond acceptors (Lipinski definition) is 5. The Kier molecular flexibility index (Phi) is 7.11. The minimum atomic E-state index is 0.0364. The molecule has 18 heavy (non-hydrogen) atoms. The van der Waals surface area contributed by atoms with Crippen molar-refractivity contribution in [3.63, 3.8) is 0 Å². The van der Waals surface area contributed by atoms with Gasteiger partial charge in [-0.25, -0.2) is 0 Å². The highest BCUT2D eigenvalue weighted by atomic mass is 16.5. The summed E-state index contributed by atoms with van der Waals surface area (Å²) in [6, 6.07) is 0. The topological polar surface area (TPSA) is 57.0 Å². The van der Waals surface area contributed by atoms with E-state index in [9.17, 15) is 0 Å². The van der Waals surface area contributed by atoms with Gasteiger partial charge < -0.3 is 19.9 Å². The van der Waals surface area contributed by atoms with Gasteiger partial charge in [-0.1, -0.05) is 0 Å². The molecule has 0 spiro atoms. The predicted molar refractivity (Wildman–Crippen MR) is 71.8 cm³/mol. The van der Waals surface area contributed by atoms with E-state index in [1.165, 1.54) is 0 Å². The van der Waals surface area contributed by atoms with Crippen LogP contribution in [0.3, 0.4) is 0 Å². The average molecular weight is 260 g/mol. The van der Waals surface area contributed by atoms with Crippen molar-refractivity contribution in [3.05, 3.63) is 0 Å². The Labute approximate surface area is 111 Å². The van der Waals surface area contributed by atoms with E-state index in [0.717, 1.165) is 45.8 Å². The summed E-state index contributed by atoms with van der Waals surface area (Å²) in [7, 11) is 3.46. The minimum Gasteiger partial charge on any atom is -0.383 e. The molecule has 0 aliphatic carbocycles. The van der Waals surface area contributed by atoms with Gasteiger partial charge in [-0.05, 0) is 19.8 Å². The highest BCUT2D eigenvalue weighted by Gasteiger charge is 2.39. The van der Waals surface area contributed by atoms with Crippen molar-refractivity contribution in [2.75, 3.05) is 53.7 Å². The fraction of sp³-hybridized carbons (Fsp3) is 1.00. The normalized spacial score (nSPS) is 28.8. The fourth-order valence-corrected chi connectivity index (χ4v) is 2.74. The number of nitrogens with zero attached hydrogens (tertiary/aromatic N) is 1. The predicted octanol–water partition coefficient (Wildman–Crippen LogP) is 0.478. The monoisotopic (exact) mass is 260 g/mol.